The van der Waals surface area contributed by atoms with Crippen molar-refractivity contribution in [3.8, 4) is 0 Å². The number of benzene rings is 1. The summed E-state index contributed by atoms with van der Waals surface area (Å²) in [5.74, 6) is -0.229. The van der Waals surface area contributed by atoms with E-state index < -0.39 is 0 Å². The molecule has 0 radical (unpaired) electrons. The van der Waals surface area contributed by atoms with Crippen molar-refractivity contribution in [2.24, 2.45) is 0 Å². The number of carbonyl (C=O) groups is 1. The Morgan fingerprint density at radius 1 is 1.31 bits per heavy atom. The molecule has 0 bridgehead atoms. The Bertz CT molecular complexity index is 893. The number of hydrogen-bond donors (Lipinski definition) is 2. The van der Waals surface area contributed by atoms with Gasteiger partial charge in [-0.3, -0.25) is 4.79 Å². The summed E-state index contributed by atoms with van der Waals surface area (Å²) in [6, 6.07) is 9.29. The number of hydrogen-bond acceptors (Lipinski definition) is 3. The van der Waals surface area contributed by atoms with E-state index in [0.29, 0.717) is 23.3 Å². The summed E-state index contributed by atoms with van der Waals surface area (Å²) in [5.41, 5.74) is 2.88. The summed E-state index contributed by atoms with van der Waals surface area (Å²) in [6.07, 6.45) is 3.91. The van der Waals surface area contributed by atoms with Gasteiger partial charge >= 0.3 is 0 Å². The monoisotopic (exact) mass is 391 g/mol. The molecule has 136 valence electrons. The number of fused-ring (bicyclic) bond motifs is 1. The smallest absolute Gasteiger partial charge is 0.221 e. The number of rotatable bonds is 7. The number of ether oxygens (including phenoxy) is 1. The van der Waals surface area contributed by atoms with E-state index in [4.69, 9.17) is 27.9 Å². The molecule has 0 aliphatic rings. The fourth-order valence-corrected chi connectivity index (χ4v) is 3.24. The van der Waals surface area contributed by atoms with Crippen LogP contribution in [0.1, 0.15) is 23.5 Å². The number of H-pyrrole nitrogens is 1. The Labute approximate surface area is 161 Å². The molecule has 0 aliphatic carbocycles. The van der Waals surface area contributed by atoms with Gasteiger partial charge in [-0.05, 0) is 35.4 Å². The predicted octanol–water partition coefficient (Wildman–Crippen LogP) is 4.15. The van der Waals surface area contributed by atoms with E-state index in [2.05, 4.69) is 15.3 Å². The summed E-state index contributed by atoms with van der Waals surface area (Å²) in [6.45, 7) is 0.947. The van der Waals surface area contributed by atoms with Gasteiger partial charge in [0.2, 0.25) is 5.91 Å². The van der Waals surface area contributed by atoms with Crippen molar-refractivity contribution in [3.05, 3.63) is 64.0 Å². The third kappa shape index (κ3) is 4.36. The Morgan fingerprint density at radius 2 is 2.15 bits per heavy atom. The van der Waals surface area contributed by atoms with Crippen molar-refractivity contribution in [2.75, 3.05) is 20.3 Å². The Hall–Kier alpha value is -2.08. The Morgan fingerprint density at radius 3 is 2.88 bits per heavy atom. The van der Waals surface area contributed by atoms with Gasteiger partial charge in [-0.2, -0.15) is 0 Å². The second-order valence-electron chi connectivity index (χ2n) is 5.95. The van der Waals surface area contributed by atoms with E-state index in [0.717, 1.165) is 22.0 Å². The second-order valence-corrected chi connectivity index (χ2v) is 6.77. The normalized spacial score (nSPS) is 12.3. The molecule has 0 aliphatic heterocycles. The number of aromatic nitrogens is 2. The summed E-state index contributed by atoms with van der Waals surface area (Å²) in [7, 11) is 1.60. The van der Waals surface area contributed by atoms with E-state index in [1.807, 2.05) is 30.5 Å². The predicted molar refractivity (Wildman–Crippen MR) is 104 cm³/mol. The van der Waals surface area contributed by atoms with Crippen LogP contribution >= 0.6 is 23.2 Å². The zero-order chi connectivity index (χ0) is 18.5. The van der Waals surface area contributed by atoms with Crippen molar-refractivity contribution in [1.82, 2.24) is 15.3 Å². The topological polar surface area (TPSA) is 67.0 Å². The highest BCUT2D eigenvalue weighted by Gasteiger charge is 2.22. The summed E-state index contributed by atoms with van der Waals surface area (Å²) >= 11 is 12.1. The quantitative estimate of drug-likeness (QED) is 0.469. The van der Waals surface area contributed by atoms with E-state index in [1.54, 1.807) is 19.4 Å². The average Bonchev–Trinajstić information content (AvgIpc) is 3.03. The number of carbonyl (C=O) groups excluding carboxylic acids is 1. The van der Waals surface area contributed by atoms with Crippen LogP contribution in [0, 0.1) is 0 Å². The van der Waals surface area contributed by atoms with Gasteiger partial charge in [0.05, 0.1) is 6.61 Å². The minimum atomic E-state index is -0.172. The maximum absolute atomic E-state index is 12.4. The molecule has 2 aromatic heterocycles. The van der Waals surface area contributed by atoms with Gasteiger partial charge in [0.1, 0.15) is 5.15 Å². The van der Waals surface area contributed by atoms with Crippen LogP contribution in [0.3, 0.4) is 0 Å². The van der Waals surface area contributed by atoms with Gasteiger partial charge in [0.15, 0.2) is 0 Å². The molecule has 0 saturated carbocycles. The summed E-state index contributed by atoms with van der Waals surface area (Å²) in [5, 5.41) is 4.92. The molecule has 0 saturated heterocycles. The summed E-state index contributed by atoms with van der Waals surface area (Å²) < 4.78 is 4.98. The molecule has 3 aromatic rings. The lowest BCUT2D eigenvalue weighted by Gasteiger charge is -2.17. The van der Waals surface area contributed by atoms with Crippen LogP contribution < -0.4 is 5.32 Å². The van der Waals surface area contributed by atoms with Crippen LogP contribution in [-0.4, -0.2) is 36.1 Å². The average molecular weight is 392 g/mol. The van der Waals surface area contributed by atoms with Crippen LogP contribution in [0.15, 0.2) is 42.7 Å². The number of pyridine rings is 1. The highest BCUT2D eigenvalue weighted by Crippen LogP contribution is 2.34. The van der Waals surface area contributed by atoms with Crippen molar-refractivity contribution >= 4 is 40.0 Å². The van der Waals surface area contributed by atoms with Crippen LogP contribution in [0.4, 0.5) is 0 Å². The van der Waals surface area contributed by atoms with E-state index >= 15 is 0 Å². The van der Waals surface area contributed by atoms with Crippen LogP contribution in [-0.2, 0) is 9.53 Å². The van der Waals surface area contributed by atoms with Crippen molar-refractivity contribution in [2.45, 2.75) is 12.3 Å². The van der Waals surface area contributed by atoms with Gasteiger partial charge < -0.3 is 15.0 Å². The lowest BCUT2D eigenvalue weighted by molar-refractivity contribution is -0.121. The molecule has 2 heterocycles. The third-order valence-corrected chi connectivity index (χ3v) is 4.68. The van der Waals surface area contributed by atoms with E-state index in [1.165, 1.54) is 0 Å². The zero-order valence-electron chi connectivity index (χ0n) is 14.3. The largest absolute Gasteiger partial charge is 0.383 e. The summed E-state index contributed by atoms with van der Waals surface area (Å²) in [4.78, 5) is 19.8. The Balaban J connectivity index is 1.95. The first-order valence-corrected chi connectivity index (χ1v) is 8.97. The molecule has 26 heavy (non-hydrogen) atoms. The van der Waals surface area contributed by atoms with Crippen molar-refractivity contribution in [3.63, 3.8) is 0 Å². The second kappa shape index (κ2) is 8.54. The molecule has 1 amide bonds. The highest BCUT2D eigenvalue weighted by molar-refractivity contribution is 6.31. The van der Waals surface area contributed by atoms with E-state index in [9.17, 15) is 4.79 Å². The number of amides is 1. The number of nitrogens with one attached hydrogen (secondary N) is 2. The Kier molecular flexibility index (Phi) is 6.14. The molecule has 1 atom stereocenters. The first-order valence-electron chi connectivity index (χ1n) is 8.22. The lowest BCUT2D eigenvalue weighted by atomic mass is 9.89. The number of methoxy groups -OCH3 is 1. The first-order chi connectivity index (χ1) is 12.6. The van der Waals surface area contributed by atoms with Crippen molar-refractivity contribution in [1.29, 1.82) is 0 Å². The third-order valence-electron chi connectivity index (χ3n) is 4.22. The van der Waals surface area contributed by atoms with Crippen LogP contribution in [0.2, 0.25) is 10.2 Å². The number of aromatic amines is 1. The number of nitrogens with zero attached hydrogens (tertiary/aromatic N) is 1. The van der Waals surface area contributed by atoms with Gasteiger partial charge in [-0.15, -0.1) is 0 Å². The molecule has 0 fully saturated rings. The molecule has 3 rings (SSSR count). The fraction of sp³-hybridized carbons (Fsp3) is 0.263. The molecule has 0 spiro atoms. The maximum atomic E-state index is 12.4. The van der Waals surface area contributed by atoms with Crippen LogP contribution in [0.5, 0.6) is 0 Å². The molecule has 2 N–H and O–H groups in total. The van der Waals surface area contributed by atoms with E-state index in [-0.39, 0.29) is 18.2 Å². The molecular formula is C19H19Cl2N3O2. The standard InChI is InChI=1S/C19H19Cl2N3O2/c1-26-7-6-22-19(25)9-14(12-2-5-18(21)24-10-12)16-11-23-17-4-3-13(20)8-15(16)17/h2-5,8,10-11,14,23H,6-7,9H2,1H3,(H,22,25). The fourth-order valence-electron chi connectivity index (χ4n) is 2.95. The van der Waals surface area contributed by atoms with Gasteiger partial charge in [0, 0.05) is 54.3 Å². The van der Waals surface area contributed by atoms with Gasteiger partial charge in [0.25, 0.3) is 0 Å². The molecule has 5 nitrogen and oxygen atoms in total. The van der Waals surface area contributed by atoms with Gasteiger partial charge in [-0.1, -0.05) is 29.3 Å². The number of halogens is 2. The molecular weight excluding hydrogens is 373 g/mol. The first kappa shape index (κ1) is 18.7. The molecule has 7 heteroatoms. The van der Waals surface area contributed by atoms with Crippen LogP contribution in [0.25, 0.3) is 10.9 Å². The molecule has 1 unspecified atom stereocenters. The highest BCUT2D eigenvalue weighted by atomic mass is 35.5. The minimum Gasteiger partial charge on any atom is -0.383 e. The maximum Gasteiger partial charge on any atom is 0.221 e. The van der Waals surface area contributed by atoms with Crippen molar-refractivity contribution < 1.29 is 9.53 Å². The lowest BCUT2D eigenvalue weighted by Crippen LogP contribution is -2.28. The zero-order valence-corrected chi connectivity index (χ0v) is 15.8. The van der Waals surface area contributed by atoms with Gasteiger partial charge in [-0.25, -0.2) is 4.98 Å². The molecule has 1 aromatic carbocycles. The SMILES string of the molecule is COCCNC(=O)CC(c1ccc(Cl)nc1)c1c[nH]c2ccc(Cl)cc12. The minimum absolute atomic E-state index is 0.0571.